The molecule has 0 unspecified atom stereocenters. The third kappa shape index (κ3) is 4.09. The first-order chi connectivity index (χ1) is 15.0. The molecule has 0 saturated heterocycles. The molecule has 1 amide bonds. The summed E-state index contributed by atoms with van der Waals surface area (Å²) in [5.74, 6) is 0.673. The largest absolute Gasteiger partial charge is 0.491 e. The number of nitrogens with zero attached hydrogens (tertiary/aromatic N) is 4. The molecule has 0 aliphatic rings. The van der Waals surface area contributed by atoms with Crippen molar-refractivity contribution in [1.82, 2.24) is 30.0 Å². The van der Waals surface area contributed by atoms with Gasteiger partial charge in [0.15, 0.2) is 5.82 Å². The monoisotopic (exact) mass is 421 g/mol. The third-order valence-corrected chi connectivity index (χ3v) is 5.22. The number of nitrogens with one attached hydrogen (secondary N) is 2. The zero-order chi connectivity index (χ0) is 22.0. The van der Waals surface area contributed by atoms with Gasteiger partial charge in [0.2, 0.25) is 5.91 Å². The second-order valence-corrected chi connectivity index (χ2v) is 7.49. The number of ether oxygens (including phenoxy) is 1. The third-order valence-electron chi connectivity index (χ3n) is 5.22. The first-order valence-electron chi connectivity index (χ1n) is 10.5. The number of hydrogen-bond donors (Lipinski definition) is 3. The fourth-order valence-electron chi connectivity index (χ4n) is 3.68. The van der Waals surface area contributed by atoms with Gasteiger partial charge >= 0.3 is 0 Å². The van der Waals surface area contributed by atoms with Crippen LogP contribution in [0, 0.1) is 6.92 Å². The predicted octanol–water partition coefficient (Wildman–Crippen LogP) is 2.78. The molecule has 31 heavy (non-hydrogen) atoms. The Morgan fingerprint density at radius 2 is 2.10 bits per heavy atom. The van der Waals surface area contributed by atoms with Crippen LogP contribution in [-0.4, -0.2) is 50.8 Å². The van der Waals surface area contributed by atoms with E-state index in [4.69, 9.17) is 15.5 Å². The summed E-state index contributed by atoms with van der Waals surface area (Å²) in [5, 5.41) is 9.22. The molecule has 162 valence electrons. The van der Waals surface area contributed by atoms with Gasteiger partial charge in [-0.2, -0.15) is 5.10 Å². The molecule has 0 atom stereocenters. The van der Waals surface area contributed by atoms with Crippen molar-refractivity contribution >= 4 is 27.8 Å². The van der Waals surface area contributed by atoms with Crippen LogP contribution in [0.1, 0.15) is 35.8 Å². The number of nitrogens with two attached hydrogens (primary N) is 1. The van der Waals surface area contributed by atoms with Crippen molar-refractivity contribution in [3.05, 3.63) is 35.7 Å². The van der Waals surface area contributed by atoms with Crippen LogP contribution in [0.3, 0.4) is 0 Å². The lowest BCUT2D eigenvalue weighted by molar-refractivity contribution is 0.1000. The van der Waals surface area contributed by atoms with Crippen LogP contribution in [0.5, 0.6) is 5.75 Å². The smallest absolute Gasteiger partial charge is 0.248 e. The zero-order valence-corrected chi connectivity index (χ0v) is 18.0. The summed E-state index contributed by atoms with van der Waals surface area (Å²) < 4.78 is 7.89. The van der Waals surface area contributed by atoms with Gasteiger partial charge < -0.3 is 20.8 Å². The quantitative estimate of drug-likeness (QED) is 0.357. The molecule has 0 aliphatic heterocycles. The van der Waals surface area contributed by atoms with Crippen molar-refractivity contribution in [3.63, 3.8) is 0 Å². The maximum Gasteiger partial charge on any atom is 0.248 e. The second kappa shape index (κ2) is 8.73. The molecule has 0 bridgehead atoms. The van der Waals surface area contributed by atoms with Gasteiger partial charge in [-0.3, -0.25) is 9.48 Å². The summed E-state index contributed by atoms with van der Waals surface area (Å²) in [6.45, 7) is 6.18. The highest BCUT2D eigenvalue weighted by Gasteiger charge is 2.17. The molecule has 4 aromatic rings. The van der Waals surface area contributed by atoms with Crippen LogP contribution in [0.2, 0.25) is 0 Å². The number of amides is 1. The number of aromatic nitrogens is 5. The van der Waals surface area contributed by atoms with Gasteiger partial charge in [-0.1, -0.05) is 0 Å². The van der Waals surface area contributed by atoms with Crippen LogP contribution in [-0.2, 0) is 6.54 Å². The van der Waals surface area contributed by atoms with Gasteiger partial charge in [0, 0.05) is 29.1 Å². The van der Waals surface area contributed by atoms with Crippen LogP contribution < -0.4 is 15.8 Å². The van der Waals surface area contributed by atoms with Gasteiger partial charge in [-0.25, -0.2) is 9.97 Å². The normalized spacial score (nSPS) is 11.5. The van der Waals surface area contributed by atoms with E-state index in [0.717, 1.165) is 53.6 Å². The average Bonchev–Trinajstić information content (AvgIpc) is 3.32. The Hall–Kier alpha value is -3.46. The highest BCUT2D eigenvalue weighted by atomic mass is 16.5. The molecule has 1 aromatic carbocycles. The van der Waals surface area contributed by atoms with E-state index in [1.807, 2.05) is 31.6 Å². The summed E-state index contributed by atoms with van der Waals surface area (Å²) in [5.41, 5.74) is 9.17. The fourth-order valence-corrected chi connectivity index (χ4v) is 3.68. The number of carbonyl (C=O) groups is 1. The van der Waals surface area contributed by atoms with Crippen LogP contribution >= 0.6 is 0 Å². The number of aromatic amines is 1. The minimum atomic E-state index is -0.504. The first kappa shape index (κ1) is 20.8. The number of fused-ring (bicyclic) bond motifs is 3. The van der Waals surface area contributed by atoms with E-state index < -0.39 is 5.91 Å². The standard InChI is InChI=1S/C22H27N7O2/c1-4-29-17(9-13(2)28-29)22-25-12-16-15-10-14(20(23)30)11-18(19(15)26-21(16)27-22)31-8-6-5-7-24-3/h9-12,24H,4-8H2,1-3H3,(H2,23,30)(H,25,26,27). The number of benzene rings is 1. The number of unbranched alkanes of at least 4 members (excludes halogenated alkanes) is 1. The number of hydrogen-bond acceptors (Lipinski definition) is 6. The zero-order valence-electron chi connectivity index (χ0n) is 18.0. The number of H-pyrrole nitrogens is 1. The SMILES string of the molecule is CCn1nc(C)cc1-c1ncc2c(n1)[nH]c1c(OCCCCNC)cc(C(N)=O)cc12. The summed E-state index contributed by atoms with van der Waals surface area (Å²) in [6.07, 6.45) is 3.66. The summed E-state index contributed by atoms with van der Waals surface area (Å²) >= 11 is 0. The van der Waals surface area contributed by atoms with Gasteiger partial charge in [0.25, 0.3) is 0 Å². The molecular formula is C22H27N7O2. The van der Waals surface area contributed by atoms with Crippen molar-refractivity contribution in [2.45, 2.75) is 33.2 Å². The Kier molecular flexibility index (Phi) is 5.85. The van der Waals surface area contributed by atoms with Crippen LogP contribution in [0.15, 0.2) is 24.4 Å². The topological polar surface area (TPSA) is 124 Å². The average molecular weight is 422 g/mol. The molecule has 0 radical (unpaired) electrons. The maximum absolute atomic E-state index is 11.9. The molecule has 0 spiro atoms. The number of primary amides is 1. The van der Waals surface area contributed by atoms with E-state index >= 15 is 0 Å². The Labute approximate surface area is 180 Å². The second-order valence-electron chi connectivity index (χ2n) is 7.49. The Morgan fingerprint density at radius 3 is 2.84 bits per heavy atom. The van der Waals surface area contributed by atoms with E-state index in [9.17, 15) is 4.79 Å². The fraction of sp³-hybridized carbons (Fsp3) is 0.364. The molecule has 4 N–H and O–H groups in total. The summed E-state index contributed by atoms with van der Waals surface area (Å²) in [6, 6.07) is 5.41. The van der Waals surface area contributed by atoms with Crippen molar-refractivity contribution < 1.29 is 9.53 Å². The molecule has 0 fully saturated rings. The molecule has 3 aromatic heterocycles. The maximum atomic E-state index is 11.9. The van der Waals surface area contributed by atoms with E-state index in [1.165, 1.54) is 0 Å². The lowest BCUT2D eigenvalue weighted by Gasteiger charge is -2.09. The number of carbonyl (C=O) groups excluding carboxylic acids is 1. The lowest BCUT2D eigenvalue weighted by atomic mass is 10.1. The molecule has 0 saturated carbocycles. The van der Waals surface area contributed by atoms with Gasteiger partial charge in [-0.15, -0.1) is 0 Å². The van der Waals surface area contributed by atoms with Gasteiger partial charge in [-0.05, 0) is 58.5 Å². The molecule has 9 heteroatoms. The Balaban J connectivity index is 1.78. The minimum absolute atomic E-state index is 0.391. The summed E-state index contributed by atoms with van der Waals surface area (Å²) in [4.78, 5) is 24.5. The van der Waals surface area contributed by atoms with E-state index in [-0.39, 0.29) is 0 Å². The first-order valence-corrected chi connectivity index (χ1v) is 10.5. The van der Waals surface area contributed by atoms with E-state index in [0.29, 0.717) is 29.4 Å². The minimum Gasteiger partial charge on any atom is -0.491 e. The van der Waals surface area contributed by atoms with Crippen LogP contribution in [0.4, 0.5) is 0 Å². The van der Waals surface area contributed by atoms with Gasteiger partial charge in [0.1, 0.15) is 17.1 Å². The lowest BCUT2D eigenvalue weighted by Crippen LogP contribution is -2.12. The number of rotatable bonds is 9. The molecular weight excluding hydrogens is 394 g/mol. The van der Waals surface area contributed by atoms with Crippen molar-refractivity contribution in [2.75, 3.05) is 20.2 Å². The summed E-state index contributed by atoms with van der Waals surface area (Å²) in [7, 11) is 1.93. The Morgan fingerprint density at radius 1 is 1.26 bits per heavy atom. The van der Waals surface area contributed by atoms with E-state index in [2.05, 4.69) is 20.4 Å². The van der Waals surface area contributed by atoms with Crippen molar-refractivity contribution in [3.8, 4) is 17.3 Å². The predicted molar refractivity (Wildman–Crippen MR) is 120 cm³/mol. The molecule has 4 rings (SSSR count). The van der Waals surface area contributed by atoms with Crippen LogP contribution in [0.25, 0.3) is 33.5 Å². The highest BCUT2D eigenvalue weighted by Crippen LogP contribution is 2.33. The molecule has 3 heterocycles. The van der Waals surface area contributed by atoms with Crippen molar-refractivity contribution in [2.24, 2.45) is 5.73 Å². The highest BCUT2D eigenvalue weighted by molar-refractivity contribution is 6.11. The van der Waals surface area contributed by atoms with E-state index in [1.54, 1.807) is 18.3 Å². The van der Waals surface area contributed by atoms with Gasteiger partial charge in [0.05, 0.1) is 17.8 Å². The van der Waals surface area contributed by atoms with Crippen molar-refractivity contribution in [1.29, 1.82) is 0 Å². The number of aryl methyl sites for hydroxylation is 2. The Bertz CT molecular complexity index is 1240. The molecule has 9 nitrogen and oxygen atoms in total. The molecule has 0 aliphatic carbocycles.